The summed E-state index contributed by atoms with van der Waals surface area (Å²) in [6, 6.07) is 11.0. The molecule has 0 aromatic heterocycles. The zero-order valence-electron chi connectivity index (χ0n) is 22.6. The van der Waals surface area contributed by atoms with Crippen LogP contribution in [0.15, 0.2) is 42.5 Å². The maximum Gasteiger partial charge on any atom is 0.405 e. The second-order valence-corrected chi connectivity index (χ2v) is 10.6. The lowest BCUT2D eigenvalue weighted by molar-refractivity contribution is -0.131. The zero-order chi connectivity index (χ0) is 28.4. The van der Waals surface area contributed by atoms with Crippen molar-refractivity contribution in [3.63, 3.8) is 0 Å². The molecule has 0 radical (unpaired) electrons. The van der Waals surface area contributed by atoms with Gasteiger partial charge >= 0.3 is 6.09 Å². The average molecular weight is 541 g/mol. The van der Waals surface area contributed by atoms with Crippen molar-refractivity contribution in [3.8, 4) is 0 Å². The van der Waals surface area contributed by atoms with Crippen LogP contribution >= 0.6 is 0 Å². The fraction of sp³-hybridized carbons (Fsp3) is 0.517. The van der Waals surface area contributed by atoms with Crippen molar-refractivity contribution in [3.05, 3.63) is 48.0 Å². The molecule has 1 saturated heterocycles. The molecule has 3 rings (SSSR count). The molecule has 1 fully saturated rings. The Bertz CT molecular complexity index is 1150. The number of rotatable bonds is 14. The van der Waals surface area contributed by atoms with Gasteiger partial charge in [-0.25, -0.2) is 4.79 Å². The van der Waals surface area contributed by atoms with E-state index in [1.807, 2.05) is 56.3 Å². The number of aliphatic hydroxyl groups is 1. The summed E-state index contributed by atoms with van der Waals surface area (Å²) in [5.74, 6) is -1.16. The fourth-order valence-electron chi connectivity index (χ4n) is 5.13. The Morgan fingerprint density at radius 2 is 1.72 bits per heavy atom. The van der Waals surface area contributed by atoms with Gasteiger partial charge in [-0.2, -0.15) is 0 Å². The molecule has 10 nitrogen and oxygen atoms in total. The van der Waals surface area contributed by atoms with E-state index in [4.69, 9.17) is 0 Å². The molecule has 1 aliphatic rings. The minimum atomic E-state index is -1.33. The van der Waals surface area contributed by atoms with E-state index < -0.39 is 30.0 Å². The van der Waals surface area contributed by atoms with Gasteiger partial charge in [-0.15, -0.1) is 0 Å². The molecule has 0 aliphatic carbocycles. The van der Waals surface area contributed by atoms with Crippen LogP contribution in [0.3, 0.4) is 0 Å². The topological polar surface area (TPSA) is 157 Å². The first kappa shape index (κ1) is 29.9. The molecule has 0 saturated carbocycles. The Morgan fingerprint density at radius 1 is 1.00 bits per heavy atom. The van der Waals surface area contributed by atoms with Gasteiger partial charge in [0.15, 0.2) is 0 Å². The summed E-state index contributed by atoms with van der Waals surface area (Å²) in [7, 11) is 0. The van der Waals surface area contributed by atoms with Crippen LogP contribution in [0.2, 0.25) is 0 Å². The first-order valence-corrected chi connectivity index (χ1v) is 13.6. The molecule has 10 heteroatoms. The predicted molar refractivity (Wildman–Crippen MR) is 148 cm³/mol. The summed E-state index contributed by atoms with van der Waals surface area (Å²) in [5.41, 5.74) is 0.811. The standard InChI is InChI=1S/C29H40N4O6/c1-18(2)15-24(27(36)31-22(10-6-14-34)16-21-12-13-30-26(21)35)32-28(37)25(33-29(38)39)17-20-9-5-8-19-7-3-4-11-23(19)20/h3-5,7-9,11,18,21-22,24-25,33-34H,6,10,12-17H2,1-2H3,(H,30,35)(H,31,36)(H,32,37)(H,38,39)/t21-,22?,24?,25?/m0/s1. The summed E-state index contributed by atoms with van der Waals surface area (Å²) in [6.07, 6.45) is 1.24. The van der Waals surface area contributed by atoms with Gasteiger partial charge in [0.25, 0.3) is 0 Å². The monoisotopic (exact) mass is 540 g/mol. The summed E-state index contributed by atoms with van der Waals surface area (Å²) in [6.45, 7) is 4.43. The van der Waals surface area contributed by atoms with E-state index in [0.717, 1.165) is 16.3 Å². The molecular formula is C29H40N4O6. The molecule has 2 aromatic rings. The van der Waals surface area contributed by atoms with E-state index in [-0.39, 0.29) is 36.8 Å². The number of amides is 4. The highest BCUT2D eigenvalue weighted by Crippen LogP contribution is 2.21. The van der Waals surface area contributed by atoms with Crippen LogP contribution in [0, 0.1) is 11.8 Å². The minimum Gasteiger partial charge on any atom is -0.465 e. The van der Waals surface area contributed by atoms with E-state index in [1.165, 1.54) is 0 Å². The minimum absolute atomic E-state index is 0.0356. The molecule has 39 heavy (non-hydrogen) atoms. The van der Waals surface area contributed by atoms with Crippen LogP contribution in [0.4, 0.5) is 4.79 Å². The van der Waals surface area contributed by atoms with Gasteiger partial charge in [-0.3, -0.25) is 14.4 Å². The third-order valence-electron chi connectivity index (χ3n) is 7.05. The van der Waals surface area contributed by atoms with Crippen molar-refractivity contribution in [1.82, 2.24) is 21.3 Å². The second kappa shape index (κ2) is 14.5. The highest BCUT2D eigenvalue weighted by atomic mass is 16.4. The van der Waals surface area contributed by atoms with Crippen molar-refractivity contribution in [2.45, 2.75) is 70.5 Å². The maximum absolute atomic E-state index is 13.4. The Balaban J connectivity index is 1.75. The molecular weight excluding hydrogens is 500 g/mol. The van der Waals surface area contributed by atoms with Crippen LogP contribution in [-0.2, 0) is 20.8 Å². The molecule has 6 N–H and O–H groups in total. The van der Waals surface area contributed by atoms with Gasteiger partial charge in [0.2, 0.25) is 17.7 Å². The third-order valence-corrected chi connectivity index (χ3v) is 7.05. The van der Waals surface area contributed by atoms with E-state index in [2.05, 4.69) is 21.3 Å². The highest BCUT2D eigenvalue weighted by molar-refractivity contribution is 5.92. The molecule has 212 valence electrons. The number of fused-ring (bicyclic) bond motifs is 1. The number of benzene rings is 2. The lowest BCUT2D eigenvalue weighted by Gasteiger charge is -2.27. The number of nitrogens with one attached hydrogen (secondary N) is 4. The summed E-state index contributed by atoms with van der Waals surface area (Å²) >= 11 is 0. The summed E-state index contributed by atoms with van der Waals surface area (Å²) in [5, 5.41) is 31.6. The van der Waals surface area contributed by atoms with Crippen LogP contribution in [0.1, 0.15) is 51.5 Å². The highest BCUT2D eigenvalue weighted by Gasteiger charge is 2.31. The van der Waals surface area contributed by atoms with Crippen molar-refractivity contribution in [2.75, 3.05) is 13.2 Å². The Kier molecular flexibility index (Phi) is 11.1. The molecule has 3 unspecified atom stereocenters. The van der Waals surface area contributed by atoms with Gasteiger partial charge in [0.1, 0.15) is 12.1 Å². The van der Waals surface area contributed by atoms with Crippen LogP contribution < -0.4 is 21.3 Å². The van der Waals surface area contributed by atoms with E-state index in [9.17, 15) is 29.4 Å². The smallest absolute Gasteiger partial charge is 0.405 e. The van der Waals surface area contributed by atoms with Gasteiger partial charge in [0, 0.05) is 31.5 Å². The molecule has 0 bridgehead atoms. The molecule has 1 heterocycles. The van der Waals surface area contributed by atoms with Crippen LogP contribution in [0.5, 0.6) is 0 Å². The van der Waals surface area contributed by atoms with E-state index >= 15 is 0 Å². The van der Waals surface area contributed by atoms with Gasteiger partial charge < -0.3 is 31.5 Å². The summed E-state index contributed by atoms with van der Waals surface area (Å²) < 4.78 is 0. The van der Waals surface area contributed by atoms with E-state index in [0.29, 0.717) is 38.6 Å². The average Bonchev–Trinajstić information content (AvgIpc) is 3.30. The Morgan fingerprint density at radius 3 is 2.38 bits per heavy atom. The number of carbonyl (C=O) groups excluding carboxylic acids is 3. The van der Waals surface area contributed by atoms with Gasteiger partial charge in [-0.1, -0.05) is 56.3 Å². The molecule has 2 aromatic carbocycles. The van der Waals surface area contributed by atoms with Crippen LogP contribution in [0.25, 0.3) is 10.8 Å². The van der Waals surface area contributed by atoms with Gasteiger partial charge in [0.05, 0.1) is 0 Å². The maximum atomic E-state index is 13.4. The number of carboxylic acid groups (broad SMARTS) is 1. The lowest BCUT2D eigenvalue weighted by atomic mass is 9.94. The first-order chi connectivity index (χ1) is 18.7. The van der Waals surface area contributed by atoms with Gasteiger partial charge in [-0.05, 0) is 54.4 Å². The van der Waals surface area contributed by atoms with Crippen molar-refractivity contribution in [1.29, 1.82) is 0 Å². The van der Waals surface area contributed by atoms with Crippen LogP contribution in [-0.4, -0.2) is 65.3 Å². The second-order valence-electron chi connectivity index (χ2n) is 10.6. The normalized spacial score (nSPS) is 17.3. The van der Waals surface area contributed by atoms with E-state index in [1.54, 1.807) is 0 Å². The Labute approximate surface area is 228 Å². The number of hydrogen-bond donors (Lipinski definition) is 6. The first-order valence-electron chi connectivity index (χ1n) is 13.6. The summed E-state index contributed by atoms with van der Waals surface area (Å²) in [4.78, 5) is 50.5. The number of hydrogen-bond acceptors (Lipinski definition) is 5. The quantitative estimate of drug-likeness (QED) is 0.216. The zero-order valence-corrected chi connectivity index (χ0v) is 22.6. The van der Waals surface area contributed by atoms with Crippen molar-refractivity contribution in [2.24, 2.45) is 11.8 Å². The number of carbonyl (C=O) groups is 4. The fourth-order valence-corrected chi connectivity index (χ4v) is 5.13. The van der Waals surface area contributed by atoms with Crippen molar-refractivity contribution < 1.29 is 29.4 Å². The SMILES string of the molecule is CC(C)CC(NC(=O)C(Cc1cccc2ccccc12)NC(=O)O)C(=O)NC(CCCO)C[C@@H]1CCNC1=O. The lowest BCUT2D eigenvalue weighted by Crippen LogP contribution is -2.55. The number of aliphatic hydroxyl groups excluding tert-OH is 1. The molecule has 1 aliphatic heterocycles. The Hall–Kier alpha value is -3.66. The largest absolute Gasteiger partial charge is 0.465 e. The van der Waals surface area contributed by atoms with Crippen molar-refractivity contribution >= 4 is 34.6 Å². The molecule has 4 atom stereocenters. The molecule has 0 spiro atoms. The predicted octanol–water partition coefficient (Wildman–Crippen LogP) is 2.33. The molecule has 4 amide bonds. The third kappa shape index (κ3) is 8.95.